The Morgan fingerprint density at radius 1 is 1.21 bits per heavy atom. The number of benzene rings is 2. The van der Waals surface area contributed by atoms with Crippen molar-refractivity contribution in [3.05, 3.63) is 64.1 Å². The number of amides is 1. The number of ether oxygens (including phenoxy) is 1. The molecule has 1 amide bonds. The fourth-order valence-electron chi connectivity index (χ4n) is 3.06. The summed E-state index contributed by atoms with van der Waals surface area (Å²) < 4.78 is 33.7. The van der Waals surface area contributed by atoms with E-state index in [1.165, 1.54) is 24.3 Å². The van der Waals surface area contributed by atoms with Crippen molar-refractivity contribution >= 4 is 31.9 Å². The minimum atomic E-state index is -3.63. The molecule has 3 rings (SSSR count). The van der Waals surface area contributed by atoms with Crippen LogP contribution in [0.1, 0.15) is 41.7 Å². The quantitative estimate of drug-likeness (QED) is 0.654. The number of rotatable bonds is 7. The summed E-state index contributed by atoms with van der Waals surface area (Å²) in [4.78, 5) is 12.6. The Hall–Kier alpha value is -1.74. The van der Waals surface area contributed by atoms with E-state index in [2.05, 4.69) is 26.0 Å². The maximum Gasteiger partial charge on any atom is 0.251 e. The molecule has 2 unspecified atom stereocenters. The molecule has 8 heteroatoms. The molecule has 1 aliphatic heterocycles. The number of hydrogen-bond donors (Lipinski definition) is 2. The summed E-state index contributed by atoms with van der Waals surface area (Å²) in [7, 11) is -3.63. The van der Waals surface area contributed by atoms with Gasteiger partial charge in [-0.25, -0.2) is 13.1 Å². The Kier molecular flexibility index (Phi) is 6.87. The molecule has 1 fully saturated rings. The summed E-state index contributed by atoms with van der Waals surface area (Å²) >= 11 is 3.48. The van der Waals surface area contributed by atoms with Crippen LogP contribution in [0.25, 0.3) is 0 Å². The van der Waals surface area contributed by atoms with Crippen molar-refractivity contribution in [3.63, 3.8) is 0 Å². The van der Waals surface area contributed by atoms with Gasteiger partial charge in [-0.2, -0.15) is 0 Å². The molecular weight excluding hydrogens is 444 g/mol. The Labute approximate surface area is 173 Å². The summed E-state index contributed by atoms with van der Waals surface area (Å²) in [5.41, 5.74) is 1.37. The molecule has 2 N–H and O–H groups in total. The Bertz CT molecular complexity index is 925. The van der Waals surface area contributed by atoms with Gasteiger partial charge in [0.05, 0.1) is 17.0 Å². The highest BCUT2D eigenvalue weighted by molar-refractivity contribution is 9.10. The van der Waals surface area contributed by atoms with E-state index >= 15 is 0 Å². The summed E-state index contributed by atoms with van der Waals surface area (Å²) in [5.74, 6) is -0.264. The van der Waals surface area contributed by atoms with E-state index < -0.39 is 10.0 Å². The number of halogens is 1. The number of nitrogens with one attached hydrogen (secondary N) is 2. The van der Waals surface area contributed by atoms with Crippen LogP contribution in [0.2, 0.25) is 0 Å². The zero-order chi connectivity index (χ0) is 20.1. The second-order valence-electron chi connectivity index (χ2n) is 6.73. The van der Waals surface area contributed by atoms with Gasteiger partial charge in [-0.05, 0) is 55.7 Å². The minimum absolute atomic E-state index is 0.0707. The minimum Gasteiger partial charge on any atom is -0.377 e. The summed E-state index contributed by atoms with van der Waals surface area (Å²) in [6, 6.07) is 13.4. The third-order valence-corrected chi connectivity index (χ3v) is 6.83. The molecule has 0 radical (unpaired) electrons. The predicted molar refractivity (Wildman–Crippen MR) is 111 cm³/mol. The van der Waals surface area contributed by atoms with Crippen LogP contribution in [-0.2, 0) is 14.8 Å². The second-order valence-corrected chi connectivity index (χ2v) is 9.35. The molecule has 0 aliphatic carbocycles. The molecule has 2 aromatic carbocycles. The highest BCUT2D eigenvalue weighted by Gasteiger charge is 2.21. The SMILES string of the molecule is CC(NC(=O)c1ccc(S(=O)(=O)NCC2CCCO2)cc1)c1ccccc1Br. The van der Waals surface area contributed by atoms with Gasteiger partial charge < -0.3 is 10.1 Å². The first-order valence-electron chi connectivity index (χ1n) is 9.13. The number of carbonyl (C=O) groups excluding carboxylic acids is 1. The maximum absolute atomic E-state index is 12.5. The zero-order valence-electron chi connectivity index (χ0n) is 15.5. The van der Waals surface area contributed by atoms with Crippen LogP contribution < -0.4 is 10.0 Å². The van der Waals surface area contributed by atoms with Gasteiger partial charge in [-0.15, -0.1) is 0 Å². The summed E-state index contributed by atoms with van der Waals surface area (Å²) in [5, 5.41) is 2.92. The van der Waals surface area contributed by atoms with E-state index in [1.54, 1.807) is 0 Å². The first-order valence-corrected chi connectivity index (χ1v) is 11.4. The molecule has 150 valence electrons. The predicted octanol–water partition coefficient (Wildman–Crippen LogP) is 3.40. The zero-order valence-corrected chi connectivity index (χ0v) is 17.9. The van der Waals surface area contributed by atoms with Gasteiger partial charge in [0.1, 0.15) is 0 Å². The Balaban J connectivity index is 1.62. The highest BCUT2D eigenvalue weighted by atomic mass is 79.9. The molecular formula is C20H23BrN2O4S. The first-order chi connectivity index (χ1) is 13.4. The molecule has 0 spiro atoms. The molecule has 6 nitrogen and oxygen atoms in total. The monoisotopic (exact) mass is 466 g/mol. The van der Waals surface area contributed by atoms with Crippen molar-refractivity contribution in [1.29, 1.82) is 0 Å². The van der Waals surface area contributed by atoms with E-state index in [1.807, 2.05) is 31.2 Å². The molecule has 2 aromatic rings. The van der Waals surface area contributed by atoms with Gasteiger partial charge in [-0.3, -0.25) is 4.79 Å². The van der Waals surface area contributed by atoms with Crippen molar-refractivity contribution in [2.24, 2.45) is 0 Å². The number of sulfonamides is 1. The largest absolute Gasteiger partial charge is 0.377 e. The first kappa shape index (κ1) is 21.0. The van der Waals surface area contributed by atoms with Crippen molar-refractivity contribution < 1.29 is 17.9 Å². The van der Waals surface area contributed by atoms with E-state index in [4.69, 9.17) is 4.74 Å². The van der Waals surface area contributed by atoms with Crippen molar-refractivity contribution in [1.82, 2.24) is 10.0 Å². The van der Waals surface area contributed by atoms with Crippen LogP contribution in [0, 0.1) is 0 Å². The van der Waals surface area contributed by atoms with Crippen LogP contribution in [0.4, 0.5) is 0 Å². The van der Waals surface area contributed by atoms with Gasteiger partial charge in [0.25, 0.3) is 5.91 Å². The summed E-state index contributed by atoms with van der Waals surface area (Å²) in [6.45, 7) is 2.83. The van der Waals surface area contributed by atoms with Crippen LogP contribution in [0.5, 0.6) is 0 Å². The van der Waals surface area contributed by atoms with E-state index in [9.17, 15) is 13.2 Å². The standard InChI is InChI=1S/C20H23BrN2O4S/c1-14(18-6-2-3-7-19(18)21)23-20(24)15-8-10-17(11-9-15)28(25,26)22-13-16-5-4-12-27-16/h2-3,6-11,14,16,22H,4-5,12-13H2,1H3,(H,23,24). The van der Waals surface area contributed by atoms with Gasteiger partial charge in [0.15, 0.2) is 0 Å². The fraction of sp³-hybridized carbons (Fsp3) is 0.350. The lowest BCUT2D eigenvalue weighted by atomic mass is 10.1. The lowest BCUT2D eigenvalue weighted by molar-refractivity contribution is 0.0939. The summed E-state index contributed by atoms with van der Waals surface area (Å²) in [6.07, 6.45) is 1.74. The third-order valence-electron chi connectivity index (χ3n) is 4.67. The molecule has 28 heavy (non-hydrogen) atoms. The normalized spacial score (nSPS) is 18.0. The molecule has 0 bridgehead atoms. The smallest absolute Gasteiger partial charge is 0.251 e. The van der Waals surface area contributed by atoms with E-state index in [-0.39, 0.29) is 29.5 Å². The second kappa shape index (κ2) is 9.17. The van der Waals surface area contributed by atoms with Crippen LogP contribution in [0.3, 0.4) is 0 Å². The van der Waals surface area contributed by atoms with E-state index in [0.717, 1.165) is 22.9 Å². The molecule has 1 aliphatic rings. The van der Waals surface area contributed by atoms with Crippen molar-refractivity contribution in [2.75, 3.05) is 13.2 Å². The van der Waals surface area contributed by atoms with Crippen LogP contribution in [-0.4, -0.2) is 33.6 Å². The van der Waals surface area contributed by atoms with Crippen molar-refractivity contribution in [3.8, 4) is 0 Å². The Morgan fingerprint density at radius 3 is 2.57 bits per heavy atom. The third kappa shape index (κ3) is 5.20. The van der Waals surface area contributed by atoms with Gasteiger partial charge in [-0.1, -0.05) is 34.1 Å². The Morgan fingerprint density at radius 2 is 1.93 bits per heavy atom. The average molecular weight is 467 g/mol. The van der Waals surface area contributed by atoms with Crippen LogP contribution >= 0.6 is 15.9 Å². The van der Waals surface area contributed by atoms with Crippen molar-refractivity contribution in [2.45, 2.75) is 36.8 Å². The van der Waals surface area contributed by atoms with E-state index in [0.29, 0.717) is 12.2 Å². The number of carbonyl (C=O) groups is 1. The topological polar surface area (TPSA) is 84.5 Å². The lowest BCUT2D eigenvalue weighted by Crippen LogP contribution is -2.32. The van der Waals surface area contributed by atoms with Gasteiger partial charge in [0.2, 0.25) is 10.0 Å². The molecule has 0 saturated carbocycles. The van der Waals surface area contributed by atoms with Gasteiger partial charge >= 0.3 is 0 Å². The highest BCUT2D eigenvalue weighted by Crippen LogP contribution is 2.23. The lowest BCUT2D eigenvalue weighted by Gasteiger charge is -2.16. The number of hydrogen-bond acceptors (Lipinski definition) is 4. The molecule has 1 heterocycles. The van der Waals surface area contributed by atoms with Crippen LogP contribution in [0.15, 0.2) is 57.9 Å². The fourth-order valence-corrected chi connectivity index (χ4v) is 4.76. The molecule has 0 aromatic heterocycles. The average Bonchev–Trinajstić information content (AvgIpc) is 3.20. The van der Waals surface area contributed by atoms with Gasteiger partial charge in [0, 0.05) is 23.2 Å². The maximum atomic E-state index is 12.5. The molecule has 2 atom stereocenters. The molecule has 1 saturated heterocycles.